The van der Waals surface area contributed by atoms with Crippen molar-refractivity contribution in [3.63, 3.8) is 0 Å². The lowest BCUT2D eigenvalue weighted by atomic mass is 9.87. The Bertz CT molecular complexity index is 710. The Kier molecular flexibility index (Phi) is 5.67. The van der Waals surface area contributed by atoms with Crippen LogP contribution in [0.5, 0.6) is 0 Å². The topological polar surface area (TPSA) is 71.3 Å². The third kappa shape index (κ3) is 4.95. The molecule has 5 nitrogen and oxygen atoms in total. The van der Waals surface area contributed by atoms with Gasteiger partial charge in [0.1, 0.15) is 6.04 Å². The van der Waals surface area contributed by atoms with Crippen LogP contribution in [0.4, 0.5) is 5.69 Å². The summed E-state index contributed by atoms with van der Waals surface area (Å²) in [7, 11) is 0. The second kappa shape index (κ2) is 7.55. The van der Waals surface area contributed by atoms with Crippen molar-refractivity contribution in [2.24, 2.45) is 5.92 Å². The average Bonchev–Trinajstić information content (AvgIpc) is 3.06. The molecule has 2 N–H and O–H groups in total. The number of carbonyl (C=O) groups excluding carboxylic acids is 2. The fourth-order valence-electron chi connectivity index (χ4n) is 2.43. The van der Waals surface area contributed by atoms with Crippen LogP contribution in [0.2, 0.25) is 0 Å². The van der Waals surface area contributed by atoms with E-state index in [-0.39, 0.29) is 23.0 Å². The van der Waals surface area contributed by atoms with E-state index in [4.69, 9.17) is 4.42 Å². The summed E-state index contributed by atoms with van der Waals surface area (Å²) in [5.74, 6) is -0.527. The van der Waals surface area contributed by atoms with E-state index in [1.54, 1.807) is 12.1 Å². The Morgan fingerprint density at radius 2 is 1.68 bits per heavy atom. The van der Waals surface area contributed by atoms with Crippen LogP contribution in [0.1, 0.15) is 50.7 Å². The van der Waals surface area contributed by atoms with Gasteiger partial charge in [-0.3, -0.25) is 9.59 Å². The van der Waals surface area contributed by atoms with Crippen molar-refractivity contribution in [2.75, 3.05) is 5.32 Å². The van der Waals surface area contributed by atoms with Crippen LogP contribution >= 0.6 is 0 Å². The van der Waals surface area contributed by atoms with Gasteiger partial charge in [-0.25, -0.2) is 0 Å². The van der Waals surface area contributed by atoms with Gasteiger partial charge in [0.15, 0.2) is 5.76 Å². The molecule has 2 aromatic rings. The first-order chi connectivity index (χ1) is 11.7. The first kappa shape index (κ1) is 18.8. The molecular weight excluding hydrogens is 316 g/mol. The molecule has 0 aliphatic rings. The largest absolute Gasteiger partial charge is 0.459 e. The van der Waals surface area contributed by atoms with Crippen LogP contribution in [-0.4, -0.2) is 17.9 Å². The molecule has 0 saturated heterocycles. The van der Waals surface area contributed by atoms with Gasteiger partial charge in [0.25, 0.3) is 5.91 Å². The van der Waals surface area contributed by atoms with Crippen molar-refractivity contribution in [3.8, 4) is 0 Å². The van der Waals surface area contributed by atoms with Crippen LogP contribution in [0.3, 0.4) is 0 Å². The number of amides is 2. The molecule has 0 aliphatic carbocycles. The highest BCUT2D eigenvalue weighted by Gasteiger charge is 2.25. The quantitative estimate of drug-likeness (QED) is 0.863. The van der Waals surface area contributed by atoms with Crippen molar-refractivity contribution in [1.82, 2.24) is 5.32 Å². The fourth-order valence-corrected chi connectivity index (χ4v) is 2.43. The van der Waals surface area contributed by atoms with Gasteiger partial charge in [0.05, 0.1) is 6.26 Å². The average molecular weight is 342 g/mol. The SMILES string of the molecule is CC(C)C(NC(=O)c1ccco1)C(=O)Nc1ccc(C(C)(C)C)cc1. The molecule has 0 radical (unpaired) electrons. The summed E-state index contributed by atoms with van der Waals surface area (Å²) >= 11 is 0. The number of carbonyl (C=O) groups is 2. The number of hydrogen-bond donors (Lipinski definition) is 2. The van der Waals surface area contributed by atoms with Crippen molar-refractivity contribution < 1.29 is 14.0 Å². The van der Waals surface area contributed by atoms with E-state index < -0.39 is 11.9 Å². The predicted molar refractivity (Wildman–Crippen MR) is 98.6 cm³/mol. The number of furan rings is 1. The Morgan fingerprint density at radius 1 is 1.04 bits per heavy atom. The molecule has 5 heteroatoms. The van der Waals surface area contributed by atoms with Crippen molar-refractivity contribution in [1.29, 1.82) is 0 Å². The van der Waals surface area contributed by atoms with E-state index in [2.05, 4.69) is 31.4 Å². The molecule has 25 heavy (non-hydrogen) atoms. The molecule has 0 spiro atoms. The summed E-state index contributed by atoms with van der Waals surface area (Å²) in [6.07, 6.45) is 1.43. The summed E-state index contributed by atoms with van der Waals surface area (Å²) in [5, 5.41) is 5.60. The van der Waals surface area contributed by atoms with Crippen LogP contribution in [-0.2, 0) is 10.2 Å². The second-order valence-corrected chi connectivity index (χ2v) is 7.49. The van der Waals surface area contributed by atoms with Crippen LogP contribution in [0, 0.1) is 5.92 Å². The summed E-state index contributed by atoms with van der Waals surface area (Å²) in [5.41, 5.74) is 1.95. The first-order valence-electron chi connectivity index (χ1n) is 8.44. The summed E-state index contributed by atoms with van der Waals surface area (Å²) < 4.78 is 5.08. The van der Waals surface area contributed by atoms with Gasteiger partial charge in [0.2, 0.25) is 5.91 Å². The van der Waals surface area contributed by atoms with E-state index in [1.807, 2.05) is 38.1 Å². The highest BCUT2D eigenvalue weighted by atomic mass is 16.3. The molecule has 0 aliphatic heterocycles. The van der Waals surface area contributed by atoms with Gasteiger partial charge < -0.3 is 15.1 Å². The zero-order valence-corrected chi connectivity index (χ0v) is 15.4. The predicted octanol–water partition coefficient (Wildman–Crippen LogP) is 3.97. The third-order valence-electron chi connectivity index (χ3n) is 4.00. The van der Waals surface area contributed by atoms with Gasteiger partial charge in [-0.15, -0.1) is 0 Å². The van der Waals surface area contributed by atoms with Gasteiger partial charge in [-0.05, 0) is 41.2 Å². The molecule has 1 unspecified atom stereocenters. The zero-order valence-electron chi connectivity index (χ0n) is 15.4. The van der Waals surface area contributed by atoms with E-state index in [9.17, 15) is 9.59 Å². The minimum atomic E-state index is -0.653. The highest BCUT2D eigenvalue weighted by Crippen LogP contribution is 2.23. The lowest BCUT2D eigenvalue weighted by Gasteiger charge is -2.22. The normalized spacial score (nSPS) is 12.7. The van der Waals surface area contributed by atoms with E-state index in [0.717, 1.165) is 0 Å². The van der Waals surface area contributed by atoms with Crippen molar-refractivity contribution >= 4 is 17.5 Å². The van der Waals surface area contributed by atoms with Crippen molar-refractivity contribution in [3.05, 3.63) is 54.0 Å². The van der Waals surface area contributed by atoms with E-state index in [1.165, 1.54) is 11.8 Å². The minimum absolute atomic E-state index is 0.0556. The summed E-state index contributed by atoms with van der Waals surface area (Å²) in [6, 6.07) is 10.3. The smallest absolute Gasteiger partial charge is 0.287 e. The Balaban J connectivity index is 2.06. The van der Waals surface area contributed by atoms with Gasteiger partial charge in [0, 0.05) is 5.69 Å². The van der Waals surface area contributed by atoms with E-state index >= 15 is 0 Å². The molecule has 1 aromatic carbocycles. The maximum Gasteiger partial charge on any atom is 0.287 e. The van der Waals surface area contributed by atoms with Gasteiger partial charge in [-0.2, -0.15) is 0 Å². The van der Waals surface area contributed by atoms with Crippen molar-refractivity contribution in [2.45, 2.75) is 46.1 Å². The molecule has 1 atom stereocenters. The van der Waals surface area contributed by atoms with Gasteiger partial charge >= 0.3 is 0 Å². The monoisotopic (exact) mass is 342 g/mol. The van der Waals surface area contributed by atoms with Crippen LogP contribution in [0.15, 0.2) is 47.1 Å². The number of hydrogen-bond acceptors (Lipinski definition) is 3. The minimum Gasteiger partial charge on any atom is -0.459 e. The van der Waals surface area contributed by atoms with Gasteiger partial charge in [-0.1, -0.05) is 46.8 Å². The lowest BCUT2D eigenvalue weighted by molar-refractivity contribution is -0.118. The third-order valence-corrected chi connectivity index (χ3v) is 4.00. The standard InChI is InChI=1S/C20H26N2O3/c1-13(2)17(22-18(23)16-7-6-12-25-16)19(24)21-15-10-8-14(9-11-15)20(3,4)5/h6-13,17H,1-5H3,(H,21,24)(H,22,23). The molecular formula is C20H26N2O3. The Hall–Kier alpha value is -2.56. The maximum atomic E-state index is 12.6. The fraction of sp³-hybridized carbons (Fsp3) is 0.400. The van der Waals surface area contributed by atoms with Crippen LogP contribution in [0.25, 0.3) is 0 Å². The molecule has 1 heterocycles. The summed E-state index contributed by atoms with van der Waals surface area (Å²) in [4.78, 5) is 24.7. The molecule has 0 saturated carbocycles. The Labute approximate surface area is 148 Å². The molecule has 0 bridgehead atoms. The van der Waals surface area contributed by atoms with E-state index in [0.29, 0.717) is 5.69 Å². The summed E-state index contributed by atoms with van der Waals surface area (Å²) in [6.45, 7) is 10.2. The number of rotatable bonds is 5. The number of benzene rings is 1. The molecule has 0 fully saturated rings. The molecule has 2 rings (SSSR count). The number of anilines is 1. The lowest BCUT2D eigenvalue weighted by Crippen LogP contribution is -2.47. The second-order valence-electron chi connectivity index (χ2n) is 7.49. The zero-order chi connectivity index (χ0) is 18.6. The molecule has 2 amide bonds. The highest BCUT2D eigenvalue weighted by molar-refractivity contribution is 6.00. The maximum absolute atomic E-state index is 12.6. The number of nitrogens with one attached hydrogen (secondary N) is 2. The Morgan fingerprint density at radius 3 is 2.16 bits per heavy atom. The molecule has 134 valence electrons. The molecule has 1 aromatic heterocycles. The first-order valence-corrected chi connectivity index (χ1v) is 8.44. The van der Waals surface area contributed by atoms with Crippen LogP contribution < -0.4 is 10.6 Å².